The van der Waals surface area contributed by atoms with Crippen molar-refractivity contribution in [1.82, 2.24) is 0 Å². The second-order valence-electron chi connectivity index (χ2n) is 2.00. The van der Waals surface area contributed by atoms with Crippen LogP contribution in [-0.4, -0.2) is 0 Å². The lowest BCUT2D eigenvalue weighted by Gasteiger charge is -1.87. The molecule has 1 aromatic carbocycles. The first kappa shape index (κ1) is 6.38. The van der Waals surface area contributed by atoms with Crippen molar-refractivity contribution in [2.75, 3.05) is 0 Å². The second-order valence-corrected chi connectivity index (χ2v) is 3.52. The highest BCUT2D eigenvalue weighted by atomic mass is 79.9. The third-order valence-corrected chi connectivity index (χ3v) is 2.44. The number of fused-ring (bicyclic) bond motifs is 1. The van der Waals surface area contributed by atoms with Crippen molar-refractivity contribution >= 4 is 38.0 Å². The molecule has 0 bridgehead atoms. The van der Waals surface area contributed by atoms with Gasteiger partial charge in [-0.1, -0.05) is 22.0 Å². The zero-order valence-electron chi connectivity index (χ0n) is 5.02. The molecule has 0 amide bonds. The molecule has 0 saturated carbocycles. The van der Waals surface area contributed by atoms with Crippen molar-refractivity contribution in [3.05, 3.63) is 33.4 Å². The average molecular weight is 211 g/mol. The maximum atomic E-state index is 3.39. The smallest absolute Gasteiger partial charge is 0.0535 e. The van der Waals surface area contributed by atoms with E-state index in [0.717, 1.165) is 15.2 Å². The van der Waals surface area contributed by atoms with Gasteiger partial charge >= 0.3 is 0 Å². The molecule has 1 aromatic heterocycles. The number of hydrogen-bond acceptors (Lipinski definition) is 1. The Kier molecular flexibility index (Phi) is 1.51. The first-order valence-corrected chi connectivity index (χ1v) is 4.44. The molecular weight excluding hydrogens is 208 g/mol. The minimum Gasteiger partial charge on any atom is -0.132 e. The summed E-state index contributed by atoms with van der Waals surface area (Å²) in [5.74, 6) is 0. The Hall–Kier alpha value is -0.340. The Morgan fingerprint density at radius 3 is 2.90 bits per heavy atom. The van der Waals surface area contributed by atoms with E-state index in [2.05, 4.69) is 26.7 Å². The first-order valence-electron chi connectivity index (χ1n) is 2.84. The van der Waals surface area contributed by atoms with Gasteiger partial charge < -0.3 is 0 Å². The minimum absolute atomic E-state index is 1.10. The normalized spacial score (nSPS) is 10.5. The molecule has 0 aliphatic rings. The van der Waals surface area contributed by atoms with E-state index < -0.39 is 0 Å². The van der Waals surface area contributed by atoms with Crippen molar-refractivity contribution < 1.29 is 0 Å². The molecule has 0 unspecified atom stereocenters. The molecule has 0 atom stereocenters. The molecule has 0 fully saturated rings. The predicted molar refractivity (Wildman–Crippen MR) is 47.2 cm³/mol. The van der Waals surface area contributed by atoms with Gasteiger partial charge in [-0.3, -0.25) is 0 Å². The molecule has 0 N–H and O–H groups in total. The van der Waals surface area contributed by atoms with Crippen molar-refractivity contribution in [3.63, 3.8) is 0 Å². The lowest BCUT2D eigenvalue weighted by atomic mass is 10.2. The summed E-state index contributed by atoms with van der Waals surface area (Å²) in [6, 6.07) is 6.09. The Bertz CT molecular complexity index is 351. The summed E-state index contributed by atoms with van der Waals surface area (Å²) in [6.07, 6.45) is 0. The van der Waals surface area contributed by atoms with Gasteiger partial charge in [0.1, 0.15) is 0 Å². The maximum absolute atomic E-state index is 3.39. The zero-order valence-corrected chi connectivity index (χ0v) is 7.42. The van der Waals surface area contributed by atoms with Gasteiger partial charge in [0.05, 0.1) is 10.8 Å². The SMILES string of the molecule is Brc1ccc2[c]s[c]c2c1. The van der Waals surface area contributed by atoms with E-state index >= 15 is 0 Å². The molecule has 0 spiro atoms. The summed E-state index contributed by atoms with van der Waals surface area (Å²) >= 11 is 4.88. The van der Waals surface area contributed by atoms with Crippen LogP contribution in [0.3, 0.4) is 0 Å². The summed E-state index contributed by atoms with van der Waals surface area (Å²) in [6.45, 7) is 0. The van der Waals surface area contributed by atoms with Gasteiger partial charge in [0.25, 0.3) is 0 Å². The highest BCUT2D eigenvalue weighted by molar-refractivity contribution is 9.10. The third kappa shape index (κ3) is 0.976. The largest absolute Gasteiger partial charge is 0.132 e. The van der Waals surface area contributed by atoms with E-state index in [9.17, 15) is 0 Å². The van der Waals surface area contributed by atoms with Crippen molar-refractivity contribution in [1.29, 1.82) is 0 Å². The van der Waals surface area contributed by atoms with Crippen LogP contribution in [0.25, 0.3) is 10.8 Å². The van der Waals surface area contributed by atoms with E-state index in [-0.39, 0.29) is 0 Å². The number of hydrogen-bond donors (Lipinski definition) is 0. The minimum atomic E-state index is 1.10. The molecule has 1 heterocycles. The molecule has 0 aliphatic carbocycles. The fourth-order valence-corrected chi connectivity index (χ4v) is 1.80. The third-order valence-electron chi connectivity index (χ3n) is 1.30. The van der Waals surface area contributed by atoms with E-state index in [0.29, 0.717) is 0 Å². The van der Waals surface area contributed by atoms with Gasteiger partial charge in [-0.25, -0.2) is 0 Å². The highest BCUT2D eigenvalue weighted by Gasteiger charge is 1.93. The molecule has 2 heteroatoms. The van der Waals surface area contributed by atoms with Crippen molar-refractivity contribution in [2.45, 2.75) is 0 Å². The van der Waals surface area contributed by atoms with Crippen molar-refractivity contribution in [2.24, 2.45) is 0 Å². The van der Waals surface area contributed by atoms with Gasteiger partial charge in [0.2, 0.25) is 0 Å². The van der Waals surface area contributed by atoms with Gasteiger partial charge in [-0.2, -0.15) is 0 Å². The Morgan fingerprint density at radius 2 is 2.00 bits per heavy atom. The van der Waals surface area contributed by atoms with Gasteiger partial charge in [0, 0.05) is 15.2 Å². The summed E-state index contributed by atoms with van der Waals surface area (Å²) in [7, 11) is 0. The van der Waals surface area contributed by atoms with E-state index in [4.69, 9.17) is 0 Å². The molecular formula is C8H3BrS. The molecule has 2 rings (SSSR count). The molecule has 10 heavy (non-hydrogen) atoms. The predicted octanol–water partition coefficient (Wildman–Crippen LogP) is 3.26. The number of halogens is 1. The zero-order chi connectivity index (χ0) is 6.97. The lowest BCUT2D eigenvalue weighted by Crippen LogP contribution is -1.63. The van der Waals surface area contributed by atoms with Gasteiger partial charge in [-0.15, -0.1) is 11.3 Å². The summed E-state index contributed by atoms with van der Waals surface area (Å²) in [4.78, 5) is 0. The van der Waals surface area contributed by atoms with Gasteiger partial charge in [-0.05, 0) is 12.1 Å². The standard InChI is InChI=1S/C8H3BrS/c9-8-2-1-6-4-10-5-7(6)3-8/h1-3H. The van der Waals surface area contributed by atoms with Crippen molar-refractivity contribution in [3.8, 4) is 0 Å². The molecule has 2 aromatic rings. The van der Waals surface area contributed by atoms with E-state index in [1.807, 2.05) is 18.2 Å². The molecule has 0 aliphatic heterocycles. The fourth-order valence-electron chi connectivity index (χ4n) is 0.825. The van der Waals surface area contributed by atoms with Crippen LogP contribution in [-0.2, 0) is 0 Å². The number of rotatable bonds is 0. The Labute approximate surface area is 71.6 Å². The van der Waals surface area contributed by atoms with Crippen LogP contribution >= 0.6 is 27.3 Å². The van der Waals surface area contributed by atoms with Crippen LogP contribution in [0.4, 0.5) is 0 Å². The van der Waals surface area contributed by atoms with Gasteiger partial charge in [0.15, 0.2) is 0 Å². The molecule has 2 radical (unpaired) electrons. The summed E-state index contributed by atoms with van der Waals surface area (Å²) in [5.41, 5.74) is 0. The monoisotopic (exact) mass is 210 g/mol. The number of thiophene rings is 1. The fraction of sp³-hybridized carbons (Fsp3) is 0. The number of benzene rings is 1. The van der Waals surface area contributed by atoms with Crippen LogP contribution < -0.4 is 0 Å². The highest BCUT2D eigenvalue weighted by Crippen LogP contribution is 2.21. The Balaban J connectivity index is 2.86. The molecule has 48 valence electrons. The van der Waals surface area contributed by atoms with E-state index in [1.165, 1.54) is 11.3 Å². The van der Waals surface area contributed by atoms with Crippen LogP contribution in [0.15, 0.2) is 22.7 Å². The molecule has 0 saturated heterocycles. The van der Waals surface area contributed by atoms with Crippen LogP contribution in [0.5, 0.6) is 0 Å². The topological polar surface area (TPSA) is 0 Å². The van der Waals surface area contributed by atoms with Crippen LogP contribution in [0.1, 0.15) is 0 Å². The van der Waals surface area contributed by atoms with Crippen LogP contribution in [0.2, 0.25) is 0 Å². The van der Waals surface area contributed by atoms with E-state index in [1.54, 1.807) is 0 Å². The summed E-state index contributed by atoms with van der Waals surface area (Å²) < 4.78 is 1.10. The average Bonchev–Trinajstić information content (AvgIpc) is 2.33. The lowest BCUT2D eigenvalue weighted by molar-refractivity contribution is 1.76. The molecule has 0 nitrogen and oxygen atoms in total. The maximum Gasteiger partial charge on any atom is 0.0535 e. The summed E-state index contributed by atoms with van der Waals surface area (Å²) in [5, 5.41) is 8.51. The van der Waals surface area contributed by atoms with Crippen LogP contribution in [0, 0.1) is 10.8 Å². The quantitative estimate of drug-likeness (QED) is 0.627. The Morgan fingerprint density at radius 1 is 1.20 bits per heavy atom. The second kappa shape index (κ2) is 2.36. The first-order chi connectivity index (χ1) is 4.86.